The Morgan fingerprint density at radius 3 is 2.45 bits per heavy atom. The van der Waals surface area contributed by atoms with Gasteiger partial charge >= 0.3 is 0 Å². The molecule has 2 aromatic rings. The number of hydrogen-bond acceptors (Lipinski definition) is 5. The summed E-state index contributed by atoms with van der Waals surface area (Å²) in [5, 5.41) is 6.35. The number of hydrogen-bond donors (Lipinski definition) is 2. The first-order valence-electron chi connectivity index (χ1n) is 9.25. The molecule has 1 saturated heterocycles. The molecule has 2 aromatic carbocycles. The van der Waals surface area contributed by atoms with E-state index in [1.807, 2.05) is 11.9 Å². The minimum Gasteiger partial charge on any atom is -0.339 e. The highest BCUT2D eigenvalue weighted by Crippen LogP contribution is 2.26. The quantitative estimate of drug-likeness (QED) is 0.774. The van der Waals surface area contributed by atoms with Crippen LogP contribution >= 0.6 is 12.4 Å². The van der Waals surface area contributed by atoms with Crippen LogP contribution < -0.4 is 10.6 Å². The lowest BCUT2D eigenvalue weighted by Crippen LogP contribution is -2.43. The number of amides is 1. The highest BCUT2D eigenvalue weighted by Gasteiger charge is 2.28. The van der Waals surface area contributed by atoms with E-state index in [0.717, 1.165) is 25.9 Å². The zero-order chi connectivity index (χ0) is 19.7. The Labute approximate surface area is 176 Å². The van der Waals surface area contributed by atoms with E-state index in [1.165, 1.54) is 0 Å². The molecule has 2 heterocycles. The van der Waals surface area contributed by atoms with Crippen molar-refractivity contribution in [1.29, 1.82) is 0 Å². The first kappa shape index (κ1) is 21.3. The van der Waals surface area contributed by atoms with Gasteiger partial charge in [-0.15, -0.1) is 16.8 Å². The van der Waals surface area contributed by atoms with E-state index in [-0.39, 0.29) is 29.3 Å². The van der Waals surface area contributed by atoms with Crippen LogP contribution in [0.1, 0.15) is 28.8 Å². The second-order valence-electron chi connectivity index (χ2n) is 7.01. The predicted octanol–water partition coefficient (Wildman–Crippen LogP) is 2.49. The maximum absolute atomic E-state index is 12.7. The number of carbonyl (C=O) groups is 1. The third kappa shape index (κ3) is 4.29. The van der Waals surface area contributed by atoms with Crippen molar-refractivity contribution in [3.8, 4) is 0 Å². The van der Waals surface area contributed by atoms with Crippen molar-refractivity contribution in [2.45, 2.75) is 23.8 Å². The molecule has 7 nitrogen and oxygen atoms in total. The monoisotopic (exact) mass is 434 g/mol. The predicted molar refractivity (Wildman–Crippen MR) is 115 cm³/mol. The number of nitrogens with one attached hydrogen (secondary N) is 2. The minimum atomic E-state index is -3.66. The zero-order valence-corrected chi connectivity index (χ0v) is 17.6. The van der Waals surface area contributed by atoms with Crippen molar-refractivity contribution < 1.29 is 13.2 Å². The molecule has 0 atom stereocenters. The zero-order valence-electron chi connectivity index (χ0n) is 16.0. The van der Waals surface area contributed by atoms with Crippen LogP contribution in [0.25, 0.3) is 0 Å². The van der Waals surface area contributed by atoms with Crippen molar-refractivity contribution in [1.82, 2.24) is 10.2 Å². The van der Waals surface area contributed by atoms with Gasteiger partial charge in [0.15, 0.2) is 5.84 Å². The van der Waals surface area contributed by atoms with Crippen molar-refractivity contribution >= 4 is 39.9 Å². The molecule has 154 valence electrons. The van der Waals surface area contributed by atoms with Gasteiger partial charge in [-0.1, -0.05) is 12.1 Å². The second kappa shape index (κ2) is 8.52. The Morgan fingerprint density at radius 1 is 1.10 bits per heavy atom. The average molecular weight is 435 g/mol. The third-order valence-electron chi connectivity index (χ3n) is 5.20. The fourth-order valence-corrected chi connectivity index (χ4v) is 4.77. The Kier molecular flexibility index (Phi) is 6.26. The molecule has 1 amide bonds. The molecule has 2 aliphatic heterocycles. The number of fused-ring (bicyclic) bond motifs is 1. The van der Waals surface area contributed by atoms with E-state index in [2.05, 4.69) is 15.0 Å². The SMILES string of the molecule is CN(C(=O)c1ccc(NC2=NS(=O)(=O)c3ccccc32)cc1)C1CCNCC1.Cl. The number of benzene rings is 2. The summed E-state index contributed by atoms with van der Waals surface area (Å²) in [6.45, 7) is 1.86. The number of anilines is 1. The van der Waals surface area contributed by atoms with Gasteiger partial charge < -0.3 is 15.5 Å². The topological polar surface area (TPSA) is 90.9 Å². The lowest BCUT2D eigenvalue weighted by Gasteiger charge is -2.31. The van der Waals surface area contributed by atoms with Crippen LogP contribution in [0, 0.1) is 0 Å². The van der Waals surface area contributed by atoms with Crippen molar-refractivity contribution in [3.05, 3.63) is 59.7 Å². The maximum Gasteiger partial charge on any atom is 0.285 e. The van der Waals surface area contributed by atoms with E-state index in [4.69, 9.17) is 0 Å². The number of nitrogens with zero attached hydrogens (tertiary/aromatic N) is 2. The summed E-state index contributed by atoms with van der Waals surface area (Å²) in [7, 11) is -1.81. The fraction of sp³-hybridized carbons (Fsp3) is 0.300. The summed E-state index contributed by atoms with van der Waals surface area (Å²) in [6, 6.07) is 14.0. The van der Waals surface area contributed by atoms with Crippen LogP contribution in [0.2, 0.25) is 0 Å². The smallest absolute Gasteiger partial charge is 0.285 e. The largest absolute Gasteiger partial charge is 0.339 e. The maximum atomic E-state index is 12.7. The number of rotatable bonds is 3. The van der Waals surface area contributed by atoms with Crippen LogP contribution in [0.3, 0.4) is 0 Å². The van der Waals surface area contributed by atoms with Gasteiger partial charge in [-0.2, -0.15) is 8.42 Å². The van der Waals surface area contributed by atoms with Gasteiger partial charge in [-0.3, -0.25) is 4.79 Å². The Hall–Kier alpha value is -2.42. The first-order chi connectivity index (χ1) is 13.5. The summed E-state index contributed by atoms with van der Waals surface area (Å²) in [6.07, 6.45) is 1.91. The summed E-state index contributed by atoms with van der Waals surface area (Å²) in [5.41, 5.74) is 1.83. The molecule has 0 aliphatic carbocycles. The van der Waals surface area contributed by atoms with Crippen molar-refractivity contribution in [3.63, 3.8) is 0 Å². The normalized spacial score (nSPS) is 17.6. The standard InChI is InChI=1S/C20H22N4O3S.ClH/c1-24(16-10-12-21-13-11-16)20(25)14-6-8-15(9-7-14)22-19-17-4-2-3-5-18(17)28(26,27)23-19;/h2-9,16,21H,10-13H2,1H3,(H,22,23);1H. The van der Waals surface area contributed by atoms with E-state index in [1.54, 1.807) is 48.5 Å². The van der Waals surface area contributed by atoms with E-state index in [9.17, 15) is 13.2 Å². The lowest BCUT2D eigenvalue weighted by molar-refractivity contribution is 0.0703. The molecule has 0 aromatic heterocycles. The summed E-state index contributed by atoms with van der Waals surface area (Å²) in [5.74, 6) is 0.283. The molecule has 2 N–H and O–H groups in total. The average Bonchev–Trinajstić information content (AvgIpc) is 2.98. The number of piperidine rings is 1. The Balaban J connectivity index is 0.00000240. The molecule has 0 bridgehead atoms. The molecule has 1 fully saturated rings. The molecule has 2 aliphatic rings. The van der Waals surface area contributed by atoms with Gasteiger partial charge in [0.1, 0.15) is 4.90 Å². The van der Waals surface area contributed by atoms with E-state index >= 15 is 0 Å². The van der Waals surface area contributed by atoms with E-state index in [0.29, 0.717) is 22.6 Å². The van der Waals surface area contributed by atoms with Crippen molar-refractivity contribution in [2.24, 2.45) is 4.40 Å². The van der Waals surface area contributed by atoms with Gasteiger partial charge in [0.2, 0.25) is 0 Å². The fourth-order valence-electron chi connectivity index (χ4n) is 3.59. The van der Waals surface area contributed by atoms with Gasteiger partial charge in [0, 0.05) is 29.9 Å². The number of sulfonamides is 1. The van der Waals surface area contributed by atoms with Gasteiger partial charge in [-0.25, -0.2) is 0 Å². The van der Waals surface area contributed by atoms with Crippen LogP contribution in [0.4, 0.5) is 5.69 Å². The Bertz CT molecular complexity index is 1030. The number of amidine groups is 1. The lowest BCUT2D eigenvalue weighted by atomic mass is 10.0. The molecule has 0 saturated carbocycles. The third-order valence-corrected chi connectivity index (χ3v) is 6.54. The van der Waals surface area contributed by atoms with Gasteiger partial charge in [0.25, 0.3) is 15.9 Å². The molecule has 29 heavy (non-hydrogen) atoms. The highest BCUT2D eigenvalue weighted by atomic mass is 35.5. The molecular formula is C20H23ClN4O3S. The number of halogens is 1. The molecule has 9 heteroatoms. The van der Waals surface area contributed by atoms with E-state index < -0.39 is 10.0 Å². The van der Waals surface area contributed by atoms with Crippen LogP contribution in [0.5, 0.6) is 0 Å². The molecular weight excluding hydrogens is 412 g/mol. The number of carbonyl (C=O) groups excluding carboxylic acids is 1. The van der Waals surface area contributed by atoms with Gasteiger partial charge in [0.05, 0.1) is 0 Å². The summed E-state index contributed by atoms with van der Waals surface area (Å²) in [4.78, 5) is 14.7. The molecule has 4 rings (SSSR count). The Morgan fingerprint density at radius 2 is 1.76 bits per heavy atom. The first-order valence-corrected chi connectivity index (χ1v) is 10.7. The highest BCUT2D eigenvalue weighted by molar-refractivity contribution is 7.90. The molecule has 0 radical (unpaired) electrons. The van der Waals surface area contributed by atoms with Crippen LogP contribution in [-0.4, -0.2) is 51.2 Å². The molecule has 0 unspecified atom stereocenters. The van der Waals surface area contributed by atoms with Crippen LogP contribution in [-0.2, 0) is 10.0 Å². The minimum absolute atomic E-state index is 0. The summed E-state index contributed by atoms with van der Waals surface area (Å²) < 4.78 is 28.1. The van der Waals surface area contributed by atoms with Crippen molar-refractivity contribution in [2.75, 3.05) is 25.5 Å². The molecule has 0 spiro atoms. The second-order valence-corrected chi connectivity index (χ2v) is 8.58. The van der Waals surface area contributed by atoms with Gasteiger partial charge in [-0.05, 0) is 62.3 Å². The van der Waals surface area contributed by atoms with Crippen LogP contribution in [0.15, 0.2) is 57.8 Å². The summed E-state index contributed by atoms with van der Waals surface area (Å²) >= 11 is 0.